The van der Waals surface area contributed by atoms with E-state index in [2.05, 4.69) is 52.0 Å². The molecule has 1 aromatic heterocycles. The molecule has 2 heterocycles. The zero-order valence-corrected chi connectivity index (χ0v) is 19.5. The summed E-state index contributed by atoms with van der Waals surface area (Å²) in [6, 6.07) is 18.7. The third-order valence-corrected chi connectivity index (χ3v) is 5.58. The van der Waals surface area contributed by atoms with Crippen LogP contribution in [-0.2, 0) is 16.0 Å². The lowest BCUT2D eigenvalue weighted by atomic mass is 10.1. The summed E-state index contributed by atoms with van der Waals surface area (Å²) in [6.45, 7) is 7.02. The fourth-order valence-electron chi connectivity index (χ4n) is 3.76. The Morgan fingerprint density at radius 3 is 2.11 bits per heavy atom. The van der Waals surface area contributed by atoms with Gasteiger partial charge in [0.15, 0.2) is 0 Å². The standard InChI is InChI=1S/C22H25N3O2.C4H4O4/c1-17-7-9-18(10-8-17)21-20(27-22(26)23-21)11-12-24-13-15-25(16-14-24)19-5-3-2-4-6-19;5-3(6)1-2-4(7)8/h2-10H,11-16H2,1H3,(H,23,26);1-2H,(H,5,6)(H,7,8)/b;2-1-. The van der Waals surface area contributed by atoms with Crippen molar-refractivity contribution < 1.29 is 24.2 Å². The quantitative estimate of drug-likeness (QED) is 0.442. The zero-order chi connectivity index (χ0) is 25.2. The van der Waals surface area contributed by atoms with Gasteiger partial charge in [0.05, 0.1) is 5.69 Å². The van der Waals surface area contributed by atoms with E-state index >= 15 is 0 Å². The largest absolute Gasteiger partial charge is 0.478 e. The Labute approximate surface area is 202 Å². The van der Waals surface area contributed by atoms with E-state index in [1.165, 1.54) is 11.3 Å². The number of oxazole rings is 1. The number of aromatic amines is 1. The van der Waals surface area contributed by atoms with E-state index in [9.17, 15) is 14.4 Å². The Morgan fingerprint density at radius 1 is 0.943 bits per heavy atom. The van der Waals surface area contributed by atoms with Crippen LogP contribution in [0.15, 0.2) is 76.0 Å². The second-order valence-electron chi connectivity index (χ2n) is 8.10. The lowest BCUT2D eigenvalue weighted by molar-refractivity contribution is -0.134. The van der Waals surface area contributed by atoms with Crippen LogP contribution in [0, 0.1) is 6.92 Å². The Morgan fingerprint density at radius 2 is 1.54 bits per heavy atom. The van der Waals surface area contributed by atoms with Crippen molar-refractivity contribution in [2.24, 2.45) is 0 Å². The molecular weight excluding hydrogens is 450 g/mol. The van der Waals surface area contributed by atoms with Gasteiger partial charge < -0.3 is 19.5 Å². The molecule has 1 aliphatic heterocycles. The van der Waals surface area contributed by atoms with Gasteiger partial charge in [0.2, 0.25) is 0 Å². The maximum absolute atomic E-state index is 11.8. The topological polar surface area (TPSA) is 127 Å². The molecule has 4 rings (SSSR count). The number of rotatable bonds is 7. The number of piperazine rings is 1. The van der Waals surface area contributed by atoms with Crippen LogP contribution in [0.3, 0.4) is 0 Å². The molecule has 3 aromatic rings. The summed E-state index contributed by atoms with van der Waals surface area (Å²) < 4.78 is 5.43. The molecular formula is C26H29N3O6. The van der Waals surface area contributed by atoms with Crippen LogP contribution in [0.1, 0.15) is 11.3 Å². The highest BCUT2D eigenvalue weighted by Gasteiger charge is 2.19. The van der Waals surface area contributed by atoms with Gasteiger partial charge >= 0.3 is 17.7 Å². The maximum Gasteiger partial charge on any atom is 0.416 e. The van der Waals surface area contributed by atoms with E-state index in [1.54, 1.807) is 0 Å². The van der Waals surface area contributed by atoms with Gasteiger partial charge in [-0.1, -0.05) is 48.0 Å². The minimum atomic E-state index is -1.26. The summed E-state index contributed by atoms with van der Waals surface area (Å²) in [4.78, 5) is 38.6. The van der Waals surface area contributed by atoms with Crippen LogP contribution in [-0.4, -0.2) is 64.8 Å². The minimum absolute atomic E-state index is 0.380. The minimum Gasteiger partial charge on any atom is -0.478 e. The van der Waals surface area contributed by atoms with Crippen molar-refractivity contribution in [3.05, 3.63) is 88.6 Å². The van der Waals surface area contributed by atoms with Crippen LogP contribution in [0.4, 0.5) is 5.69 Å². The maximum atomic E-state index is 11.8. The fourth-order valence-corrected chi connectivity index (χ4v) is 3.76. The normalized spacial score (nSPS) is 13.9. The predicted octanol–water partition coefficient (Wildman–Crippen LogP) is 3.02. The van der Waals surface area contributed by atoms with Gasteiger partial charge in [-0.3, -0.25) is 9.88 Å². The Bertz CT molecular complexity index is 1170. The molecule has 0 amide bonds. The number of nitrogens with one attached hydrogen (secondary N) is 1. The number of carbonyl (C=O) groups is 2. The molecule has 0 atom stereocenters. The van der Waals surface area contributed by atoms with Crippen LogP contribution >= 0.6 is 0 Å². The smallest absolute Gasteiger partial charge is 0.416 e. The van der Waals surface area contributed by atoms with Crippen molar-refractivity contribution in [2.75, 3.05) is 37.6 Å². The first-order chi connectivity index (χ1) is 16.8. The van der Waals surface area contributed by atoms with E-state index < -0.39 is 11.9 Å². The van der Waals surface area contributed by atoms with Gasteiger partial charge in [0.25, 0.3) is 0 Å². The van der Waals surface area contributed by atoms with E-state index in [1.807, 2.05) is 24.3 Å². The highest BCUT2D eigenvalue weighted by atomic mass is 16.4. The lowest BCUT2D eigenvalue weighted by Gasteiger charge is -2.36. The van der Waals surface area contributed by atoms with Crippen molar-refractivity contribution in [2.45, 2.75) is 13.3 Å². The zero-order valence-electron chi connectivity index (χ0n) is 19.5. The molecule has 9 nitrogen and oxygen atoms in total. The van der Waals surface area contributed by atoms with Gasteiger partial charge in [-0.15, -0.1) is 0 Å². The van der Waals surface area contributed by atoms with Crippen LogP contribution in [0.2, 0.25) is 0 Å². The number of aryl methyl sites for hydroxylation is 1. The van der Waals surface area contributed by atoms with Gasteiger partial charge in [-0.2, -0.15) is 0 Å². The Hall–Kier alpha value is -4.11. The number of aromatic nitrogens is 1. The monoisotopic (exact) mass is 479 g/mol. The first-order valence-corrected chi connectivity index (χ1v) is 11.3. The van der Waals surface area contributed by atoms with Crippen LogP contribution < -0.4 is 10.7 Å². The van der Waals surface area contributed by atoms with E-state index in [-0.39, 0.29) is 5.76 Å². The average Bonchev–Trinajstić information content (AvgIpc) is 3.23. The van der Waals surface area contributed by atoms with Gasteiger partial charge in [0.1, 0.15) is 5.76 Å². The first-order valence-electron chi connectivity index (χ1n) is 11.3. The number of carboxylic acids is 2. The molecule has 3 N–H and O–H groups in total. The van der Waals surface area contributed by atoms with Crippen LogP contribution in [0.25, 0.3) is 11.3 Å². The SMILES string of the molecule is Cc1ccc(-c2[nH]c(=O)oc2CCN2CCN(c3ccccc3)CC2)cc1.O=C(O)/C=C\C(=O)O. The molecule has 1 saturated heterocycles. The second-order valence-corrected chi connectivity index (χ2v) is 8.10. The number of nitrogens with zero attached hydrogens (tertiary/aromatic N) is 2. The lowest BCUT2D eigenvalue weighted by Crippen LogP contribution is -2.47. The molecule has 0 unspecified atom stereocenters. The third-order valence-electron chi connectivity index (χ3n) is 5.58. The second kappa shape index (κ2) is 12.4. The van der Waals surface area contributed by atoms with Gasteiger partial charge in [-0.05, 0) is 19.1 Å². The molecule has 0 bridgehead atoms. The van der Waals surface area contributed by atoms with E-state index in [0.717, 1.165) is 56.2 Å². The van der Waals surface area contributed by atoms with Gasteiger partial charge in [0, 0.05) is 62.5 Å². The first kappa shape index (κ1) is 25.5. The van der Waals surface area contributed by atoms with Crippen molar-refractivity contribution in [3.63, 3.8) is 0 Å². The van der Waals surface area contributed by atoms with E-state index in [4.69, 9.17) is 14.6 Å². The number of hydrogen-bond acceptors (Lipinski definition) is 6. The number of aliphatic carboxylic acids is 2. The van der Waals surface area contributed by atoms with Crippen molar-refractivity contribution in [3.8, 4) is 11.3 Å². The highest BCUT2D eigenvalue weighted by Crippen LogP contribution is 2.22. The molecule has 35 heavy (non-hydrogen) atoms. The molecule has 0 aliphatic carbocycles. The molecule has 1 fully saturated rings. The van der Waals surface area contributed by atoms with Crippen molar-refractivity contribution in [1.82, 2.24) is 9.88 Å². The predicted molar refractivity (Wildman–Crippen MR) is 133 cm³/mol. The number of H-pyrrole nitrogens is 1. The summed E-state index contributed by atoms with van der Waals surface area (Å²) in [6.07, 6.45) is 1.85. The van der Waals surface area contributed by atoms with Gasteiger partial charge in [-0.25, -0.2) is 14.4 Å². The number of benzene rings is 2. The number of carboxylic acid groups (broad SMARTS) is 2. The molecule has 2 aromatic carbocycles. The molecule has 0 radical (unpaired) electrons. The third kappa shape index (κ3) is 8.01. The number of anilines is 1. The summed E-state index contributed by atoms with van der Waals surface area (Å²) in [5, 5.41) is 15.6. The van der Waals surface area contributed by atoms with Crippen LogP contribution in [0.5, 0.6) is 0 Å². The highest BCUT2D eigenvalue weighted by molar-refractivity contribution is 5.89. The summed E-state index contributed by atoms with van der Waals surface area (Å²) >= 11 is 0. The molecule has 1 aliphatic rings. The number of hydrogen-bond donors (Lipinski definition) is 3. The van der Waals surface area contributed by atoms with E-state index in [0.29, 0.717) is 12.2 Å². The van der Waals surface area contributed by atoms with Crippen molar-refractivity contribution >= 4 is 17.6 Å². The fraction of sp³-hybridized carbons (Fsp3) is 0.269. The molecule has 9 heteroatoms. The average molecular weight is 480 g/mol. The molecule has 0 saturated carbocycles. The number of para-hydroxylation sites is 1. The molecule has 184 valence electrons. The Kier molecular flexibility index (Phi) is 9.02. The van der Waals surface area contributed by atoms with Crippen molar-refractivity contribution in [1.29, 1.82) is 0 Å². The molecule has 0 spiro atoms. The Balaban J connectivity index is 0.000000371. The summed E-state index contributed by atoms with van der Waals surface area (Å²) in [7, 11) is 0. The summed E-state index contributed by atoms with van der Waals surface area (Å²) in [5.41, 5.74) is 4.29. The summed E-state index contributed by atoms with van der Waals surface area (Å²) in [5.74, 6) is -2.15.